The molecule has 2 amide bonds. The van der Waals surface area contributed by atoms with Crippen LogP contribution in [0.2, 0.25) is 0 Å². The molecule has 2 rings (SSSR count). The third-order valence-electron chi connectivity index (χ3n) is 5.31. The fraction of sp³-hybridized carbons (Fsp3) is 0.609. The van der Waals surface area contributed by atoms with Gasteiger partial charge in [-0.1, -0.05) is 31.4 Å². The first-order chi connectivity index (χ1) is 14.5. The zero-order valence-electron chi connectivity index (χ0n) is 19.1. The quantitative estimate of drug-likeness (QED) is 0.193. The summed E-state index contributed by atoms with van der Waals surface area (Å²) in [5.41, 5.74) is 1.70. The van der Waals surface area contributed by atoms with Crippen molar-refractivity contribution in [1.29, 1.82) is 0 Å². The Hall–Kier alpha value is -1.84. The maximum Gasteiger partial charge on any atom is 0.253 e. The average Bonchev–Trinajstić information content (AvgIpc) is 2.75. The molecule has 8 heteroatoms. The van der Waals surface area contributed by atoms with Crippen LogP contribution < -0.4 is 16.0 Å². The van der Waals surface area contributed by atoms with Crippen LogP contribution in [0.25, 0.3) is 0 Å². The van der Waals surface area contributed by atoms with Crippen molar-refractivity contribution in [2.45, 2.75) is 52.0 Å². The normalized spacial score (nSPS) is 14.4. The topological polar surface area (TPSA) is 85.8 Å². The van der Waals surface area contributed by atoms with Crippen molar-refractivity contribution in [3.8, 4) is 0 Å². The Morgan fingerprint density at radius 1 is 1.00 bits per heavy atom. The summed E-state index contributed by atoms with van der Waals surface area (Å²) in [5, 5.41) is 9.48. The van der Waals surface area contributed by atoms with E-state index in [1.54, 1.807) is 19.0 Å². The fourth-order valence-corrected chi connectivity index (χ4v) is 3.63. The summed E-state index contributed by atoms with van der Waals surface area (Å²) in [5.74, 6) is 1.42. The molecule has 1 aromatic carbocycles. The largest absolute Gasteiger partial charge is 0.357 e. The lowest BCUT2D eigenvalue weighted by molar-refractivity contribution is -0.122. The van der Waals surface area contributed by atoms with Gasteiger partial charge in [0.05, 0.1) is 6.54 Å². The molecule has 0 aromatic heterocycles. The third-order valence-corrected chi connectivity index (χ3v) is 5.31. The number of carbonyl (C=O) groups is 2. The minimum atomic E-state index is -0.00871. The van der Waals surface area contributed by atoms with Gasteiger partial charge in [-0.25, -0.2) is 4.99 Å². The number of benzene rings is 1. The lowest BCUT2D eigenvalue weighted by atomic mass is 9.87. The number of amides is 2. The zero-order valence-corrected chi connectivity index (χ0v) is 21.4. The molecule has 1 aromatic rings. The van der Waals surface area contributed by atoms with Gasteiger partial charge < -0.3 is 20.9 Å². The molecule has 7 nitrogen and oxygen atoms in total. The summed E-state index contributed by atoms with van der Waals surface area (Å²) in [6.45, 7) is 4.50. The summed E-state index contributed by atoms with van der Waals surface area (Å²) in [4.78, 5) is 30.2. The van der Waals surface area contributed by atoms with E-state index in [1.807, 2.05) is 31.2 Å². The standard InChI is InChI=1S/C23H37N5O2.HI/c1-4-24-23(26-15-14-25-21(29)16-18-8-6-5-7-9-18)27-17-19-10-12-20(13-11-19)22(30)28(2)3;/h10-13,18H,4-9,14-17H2,1-3H3,(H,25,29)(H2,24,26,27);1H. The predicted molar refractivity (Wildman–Crippen MR) is 137 cm³/mol. The van der Waals surface area contributed by atoms with Gasteiger partial charge in [-0.15, -0.1) is 24.0 Å². The number of carbonyl (C=O) groups excluding carboxylic acids is 2. The number of nitrogens with one attached hydrogen (secondary N) is 3. The summed E-state index contributed by atoms with van der Waals surface area (Å²) in [7, 11) is 3.49. The number of aliphatic imine (C=N–C) groups is 1. The Morgan fingerprint density at radius 3 is 2.26 bits per heavy atom. The van der Waals surface area contributed by atoms with Crippen LogP contribution in [0.4, 0.5) is 0 Å². The van der Waals surface area contributed by atoms with Crippen molar-refractivity contribution >= 4 is 41.8 Å². The fourth-order valence-electron chi connectivity index (χ4n) is 3.63. The highest BCUT2D eigenvalue weighted by molar-refractivity contribution is 14.0. The van der Waals surface area contributed by atoms with Crippen molar-refractivity contribution < 1.29 is 9.59 Å². The summed E-state index contributed by atoms with van der Waals surface area (Å²) >= 11 is 0. The van der Waals surface area contributed by atoms with Gasteiger partial charge in [0.15, 0.2) is 5.96 Å². The Labute approximate surface area is 203 Å². The van der Waals surface area contributed by atoms with Crippen molar-refractivity contribution in [3.05, 3.63) is 35.4 Å². The van der Waals surface area contributed by atoms with E-state index in [0.29, 0.717) is 43.5 Å². The van der Waals surface area contributed by atoms with Crippen molar-refractivity contribution in [3.63, 3.8) is 0 Å². The van der Waals surface area contributed by atoms with Gasteiger partial charge in [-0.2, -0.15) is 0 Å². The monoisotopic (exact) mass is 543 g/mol. The molecular weight excluding hydrogens is 505 g/mol. The second kappa shape index (κ2) is 15.0. The van der Waals surface area contributed by atoms with Crippen LogP contribution in [0.3, 0.4) is 0 Å². The lowest BCUT2D eigenvalue weighted by Gasteiger charge is -2.20. The van der Waals surface area contributed by atoms with E-state index in [1.165, 1.54) is 32.1 Å². The molecule has 1 saturated carbocycles. The Bertz CT molecular complexity index is 700. The second-order valence-corrected chi connectivity index (χ2v) is 8.08. The highest BCUT2D eigenvalue weighted by atomic mass is 127. The van der Waals surface area contributed by atoms with E-state index in [0.717, 1.165) is 12.1 Å². The van der Waals surface area contributed by atoms with Gasteiger partial charge in [0.2, 0.25) is 5.91 Å². The maximum atomic E-state index is 12.1. The van der Waals surface area contributed by atoms with Crippen molar-refractivity contribution in [1.82, 2.24) is 20.9 Å². The number of nitrogens with zero attached hydrogens (tertiary/aromatic N) is 2. The van der Waals surface area contributed by atoms with E-state index < -0.39 is 0 Å². The van der Waals surface area contributed by atoms with E-state index in [9.17, 15) is 9.59 Å². The molecule has 174 valence electrons. The van der Waals surface area contributed by atoms with Gasteiger partial charge in [0, 0.05) is 45.7 Å². The van der Waals surface area contributed by atoms with Crippen LogP contribution in [-0.4, -0.2) is 56.4 Å². The van der Waals surface area contributed by atoms with Crippen LogP contribution in [-0.2, 0) is 11.3 Å². The molecule has 31 heavy (non-hydrogen) atoms. The average molecular weight is 543 g/mol. The van der Waals surface area contributed by atoms with E-state index in [-0.39, 0.29) is 35.8 Å². The molecule has 0 bridgehead atoms. The highest BCUT2D eigenvalue weighted by Gasteiger charge is 2.16. The van der Waals surface area contributed by atoms with Crippen molar-refractivity contribution in [2.75, 3.05) is 33.7 Å². The minimum absolute atomic E-state index is 0. The molecule has 0 unspecified atom stereocenters. The first-order valence-electron chi connectivity index (χ1n) is 11.1. The van der Waals surface area contributed by atoms with Crippen LogP contribution in [0.15, 0.2) is 29.3 Å². The molecule has 3 N–H and O–H groups in total. The van der Waals surface area contributed by atoms with Crippen LogP contribution in [0.1, 0.15) is 61.4 Å². The summed E-state index contributed by atoms with van der Waals surface area (Å²) < 4.78 is 0. The molecule has 1 aliphatic rings. The van der Waals surface area contributed by atoms with Gasteiger partial charge in [0.1, 0.15) is 0 Å². The lowest BCUT2D eigenvalue weighted by Crippen LogP contribution is -2.41. The first-order valence-corrected chi connectivity index (χ1v) is 11.1. The molecule has 1 aliphatic carbocycles. The van der Waals surface area contributed by atoms with Gasteiger partial charge in [-0.3, -0.25) is 9.59 Å². The highest BCUT2D eigenvalue weighted by Crippen LogP contribution is 2.25. The predicted octanol–water partition coefficient (Wildman–Crippen LogP) is 3.15. The van der Waals surface area contributed by atoms with Crippen LogP contribution in [0.5, 0.6) is 0 Å². The van der Waals surface area contributed by atoms with E-state index >= 15 is 0 Å². The van der Waals surface area contributed by atoms with Gasteiger partial charge in [-0.05, 0) is 43.4 Å². The molecule has 0 saturated heterocycles. The third kappa shape index (κ3) is 10.3. The Kier molecular flexibility index (Phi) is 13.2. The molecule has 0 aliphatic heterocycles. The number of halogens is 1. The molecule has 0 radical (unpaired) electrons. The van der Waals surface area contributed by atoms with Gasteiger partial charge >= 0.3 is 0 Å². The van der Waals surface area contributed by atoms with E-state index in [4.69, 9.17) is 0 Å². The molecule has 1 fully saturated rings. The number of rotatable bonds is 9. The van der Waals surface area contributed by atoms with Gasteiger partial charge in [0.25, 0.3) is 5.91 Å². The Morgan fingerprint density at radius 2 is 1.65 bits per heavy atom. The number of hydrogen-bond donors (Lipinski definition) is 3. The summed E-state index contributed by atoms with van der Waals surface area (Å²) in [6, 6.07) is 7.51. The number of hydrogen-bond acceptors (Lipinski definition) is 3. The van der Waals surface area contributed by atoms with Crippen LogP contribution in [0, 0.1) is 5.92 Å². The van der Waals surface area contributed by atoms with Crippen LogP contribution >= 0.6 is 24.0 Å². The number of guanidine groups is 1. The SMILES string of the molecule is CCNC(=NCc1ccc(C(=O)N(C)C)cc1)NCCNC(=O)CC1CCCCC1.I. The first kappa shape index (κ1) is 27.2. The second-order valence-electron chi connectivity index (χ2n) is 8.08. The molecule has 0 spiro atoms. The Balaban J connectivity index is 0.00000480. The molecular formula is C23H38IN5O2. The molecule has 0 heterocycles. The smallest absolute Gasteiger partial charge is 0.253 e. The van der Waals surface area contributed by atoms with E-state index in [2.05, 4.69) is 20.9 Å². The minimum Gasteiger partial charge on any atom is -0.357 e. The zero-order chi connectivity index (χ0) is 21.8. The summed E-state index contributed by atoms with van der Waals surface area (Å²) in [6.07, 6.45) is 6.86. The van der Waals surface area contributed by atoms with Crippen molar-refractivity contribution in [2.24, 2.45) is 10.9 Å². The maximum absolute atomic E-state index is 12.1. The molecule has 0 atom stereocenters.